The number of hydrogen-bond donors (Lipinski definition) is 3. The number of hydrogen-bond acceptors (Lipinski definition) is 5. The summed E-state index contributed by atoms with van der Waals surface area (Å²) < 4.78 is 19.7. The maximum atomic E-state index is 13.6. The van der Waals surface area contributed by atoms with Crippen LogP contribution in [-0.4, -0.2) is 46.5 Å². The lowest BCUT2D eigenvalue weighted by Crippen LogP contribution is -2.41. The number of carbonyl (C=O) groups is 3. The molecule has 4 rings (SSSR count). The first-order valence-electron chi connectivity index (χ1n) is 11.0. The van der Waals surface area contributed by atoms with E-state index in [1.807, 2.05) is 20.1 Å². The predicted octanol–water partition coefficient (Wildman–Crippen LogP) is 4.32. The van der Waals surface area contributed by atoms with E-state index >= 15 is 0 Å². The predicted molar refractivity (Wildman–Crippen MR) is 133 cm³/mol. The summed E-state index contributed by atoms with van der Waals surface area (Å²) >= 11 is 1.51. The lowest BCUT2D eigenvalue weighted by molar-refractivity contribution is -0.139. The third-order valence-corrected chi connectivity index (χ3v) is 6.58. The summed E-state index contributed by atoms with van der Waals surface area (Å²) in [5.74, 6) is -1.34. The molecule has 0 unspecified atom stereocenters. The molecule has 3 N–H and O–H groups in total. The topological polar surface area (TPSA) is 105 Å². The Hall–Kier alpha value is -3.59. The summed E-state index contributed by atoms with van der Waals surface area (Å²) in [4.78, 5) is 36.6. The fraction of sp³-hybridized carbons (Fsp3) is 0.269. The number of anilines is 1. The molecule has 2 amide bonds. The molecule has 182 valence electrons. The molecule has 0 fully saturated rings. The molecule has 0 saturated carbocycles. The van der Waals surface area contributed by atoms with Crippen molar-refractivity contribution in [2.45, 2.75) is 31.9 Å². The summed E-state index contributed by atoms with van der Waals surface area (Å²) in [7, 11) is 0. The van der Waals surface area contributed by atoms with Crippen molar-refractivity contribution in [3.63, 3.8) is 0 Å². The molecule has 2 aromatic carbocycles. The van der Waals surface area contributed by atoms with Crippen LogP contribution in [0, 0.1) is 5.82 Å². The molecule has 9 heteroatoms. The van der Waals surface area contributed by atoms with Gasteiger partial charge in [0.25, 0.3) is 11.8 Å². The average Bonchev–Trinajstić information content (AvgIpc) is 3.30. The molecular formula is C26H25FN2O5S. The molecule has 2 aliphatic rings. The van der Waals surface area contributed by atoms with Crippen molar-refractivity contribution in [2.24, 2.45) is 0 Å². The highest BCUT2D eigenvalue weighted by Gasteiger charge is 2.38. The minimum absolute atomic E-state index is 0.333. The Morgan fingerprint density at radius 2 is 1.91 bits per heavy atom. The molecule has 0 aromatic heterocycles. The van der Waals surface area contributed by atoms with Gasteiger partial charge in [-0.25, -0.2) is 9.18 Å². The molecule has 2 aliphatic heterocycles. The molecule has 0 bridgehead atoms. The maximum Gasteiger partial charge on any atom is 0.326 e. The zero-order valence-electron chi connectivity index (χ0n) is 19.5. The maximum absolute atomic E-state index is 13.6. The number of carboxylic acid groups (broad SMARTS) is 1. The van der Waals surface area contributed by atoms with Crippen LogP contribution < -0.4 is 10.6 Å². The summed E-state index contributed by atoms with van der Waals surface area (Å²) in [6, 6.07) is 9.92. The second kappa shape index (κ2) is 9.58. The summed E-state index contributed by atoms with van der Waals surface area (Å²) in [5, 5.41) is 14.6. The fourth-order valence-electron chi connectivity index (χ4n) is 4.14. The highest BCUT2D eigenvalue weighted by molar-refractivity contribution is 7.98. The van der Waals surface area contributed by atoms with Crippen LogP contribution in [-0.2, 0) is 14.3 Å². The molecule has 1 atom stereocenters. The molecule has 35 heavy (non-hydrogen) atoms. The van der Waals surface area contributed by atoms with Crippen molar-refractivity contribution in [1.82, 2.24) is 5.32 Å². The number of carboxylic acids is 1. The number of benzene rings is 2. The third-order valence-electron chi connectivity index (χ3n) is 5.93. The highest BCUT2D eigenvalue weighted by atomic mass is 32.2. The minimum Gasteiger partial charge on any atom is -0.482 e. The number of aliphatic carboxylic acids is 1. The molecule has 0 spiro atoms. The van der Waals surface area contributed by atoms with E-state index in [9.17, 15) is 23.9 Å². The van der Waals surface area contributed by atoms with E-state index in [4.69, 9.17) is 4.74 Å². The number of fused-ring (bicyclic) bond motifs is 1. The van der Waals surface area contributed by atoms with Gasteiger partial charge in [-0.05, 0) is 74.2 Å². The average molecular weight is 497 g/mol. The van der Waals surface area contributed by atoms with Crippen LogP contribution in [0.15, 0.2) is 54.3 Å². The lowest BCUT2D eigenvalue weighted by atomic mass is 9.91. The van der Waals surface area contributed by atoms with Gasteiger partial charge in [-0.1, -0.05) is 12.1 Å². The number of ether oxygens (including phenoxy) is 1. The summed E-state index contributed by atoms with van der Waals surface area (Å²) in [6.45, 7) is 3.74. The quantitative estimate of drug-likeness (QED) is 0.494. The second-order valence-electron chi connectivity index (χ2n) is 8.78. The Bertz CT molecular complexity index is 1270. The number of halogens is 1. The Labute approximate surface area is 206 Å². The van der Waals surface area contributed by atoms with E-state index in [0.29, 0.717) is 40.3 Å². The monoisotopic (exact) mass is 496 g/mol. The standard InChI is InChI=1S/C26H25FN2O5S/c1-26(2)18(13-21(34-26)22-17-9-8-16(27)12-20(17)29-24(22)31)14-4-6-15(7-5-14)23(30)28-19(25(32)33)10-11-35-3/h4-9,12-13,19H,10-11H2,1-3H3,(H,28,30)(H,29,31)(H,32,33)/b22-21+/t19-/m0/s1. The van der Waals surface area contributed by atoms with E-state index in [0.717, 1.165) is 11.1 Å². The van der Waals surface area contributed by atoms with Gasteiger partial charge in [-0.2, -0.15) is 11.8 Å². The van der Waals surface area contributed by atoms with Gasteiger partial charge in [-0.3, -0.25) is 9.59 Å². The van der Waals surface area contributed by atoms with Crippen LogP contribution in [0.2, 0.25) is 0 Å². The molecule has 7 nitrogen and oxygen atoms in total. The zero-order chi connectivity index (χ0) is 25.3. The van der Waals surface area contributed by atoms with E-state index in [2.05, 4.69) is 10.6 Å². The van der Waals surface area contributed by atoms with Gasteiger partial charge < -0.3 is 20.5 Å². The zero-order valence-corrected chi connectivity index (χ0v) is 20.3. The SMILES string of the molecule is CSCC[C@H](NC(=O)c1ccc(C2=C/C(=C3\C(=O)Nc4cc(F)ccc43)OC2(C)C)cc1)C(=O)O. The van der Waals surface area contributed by atoms with Crippen molar-refractivity contribution in [3.8, 4) is 0 Å². The number of nitrogens with one attached hydrogen (secondary N) is 2. The Kier molecular flexibility index (Phi) is 6.71. The van der Waals surface area contributed by atoms with Crippen molar-refractivity contribution in [1.29, 1.82) is 0 Å². The van der Waals surface area contributed by atoms with Crippen molar-refractivity contribution in [3.05, 3.63) is 76.8 Å². The number of allylic oxidation sites excluding steroid dienone is 1. The first-order chi connectivity index (χ1) is 16.6. The number of thioether (sulfide) groups is 1. The molecular weight excluding hydrogens is 471 g/mol. The van der Waals surface area contributed by atoms with Gasteiger partial charge in [0, 0.05) is 16.7 Å². The van der Waals surface area contributed by atoms with Crippen LogP contribution in [0.25, 0.3) is 11.1 Å². The fourth-order valence-corrected chi connectivity index (χ4v) is 4.62. The van der Waals surface area contributed by atoms with Crippen LogP contribution in [0.1, 0.15) is 41.8 Å². The Balaban J connectivity index is 1.60. The summed E-state index contributed by atoms with van der Waals surface area (Å²) in [6.07, 6.45) is 3.99. The van der Waals surface area contributed by atoms with Gasteiger partial charge in [0.1, 0.15) is 23.2 Å². The third kappa shape index (κ3) is 4.95. The Morgan fingerprint density at radius 3 is 2.57 bits per heavy atom. The molecule has 0 saturated heterocycles. The lowest BCUT2D eigenvalue weighted by Gasteiger charge is -2.23. The molecule has 0 radical (unpaired) electrons. The molecule has 2 aromatic rings. The largest absolute Gasteiger partial charge is 0.482 e. The highest BCUT2D eigenvalue weighted by Crippen LogP contribution is 2.44. The molecule has 2 heterocycles. The Morgan fingerprint density at radius 1 is 1.20 bits per heavy atom. The van der Waals surface area contributed by atoms with Crippen molar-refractivity contribution >= 4 is 46.4 Å². The van der Waals surface area contributed by atoms with Crippen LogP contribution in [0.5, 0.6) is 0 Å². The van der Waals surface area contributed by atoms with Crippen molar-refractivity contribution < 1.29 is 28.6 Å². The minimum atomic E-state index is -1.07. The van der Waals surface area contributed by atoms with Crippen LogP contribution >= 0.6 is 11.8 Å². The normalized spacial score (nSPS) is 18.9. The first-order valence-corrected chi connectivity index (χ1v) is 12.4. The first kappa shape index (κ1) is 24.5. The van der Waals surface area contributed by atoms with E-state index in [1.165, 1.54) is 23.9 Å². The van der Waals surface area contributed by atoms with Gasteiger partial charge in [0.15, 0.2) is 0 Å². The van der Waals surface area contributed by atoms with Gasteiger partial charge >= 0.3 is 5.97 Å². The number of carbonyl (C=O) groups excluding carboxylic acids is 2. The number of amides is 2. The van der Waals surface area contributed by atoms with Crippen molar-refractivity contribution in [2.75, 3.05) is 17.3 Å². The molecule has 0 aliphatic carbocycles. The van der Waals surface area contributed by atoms with E-state index in [1.54, 1.807) is 36.4 Å². The smallest absolute Gasteiger partial charge is 0.326 e. The van der Waals surface area contributed by atoms with E-state index < -0.39 is 29.3 Å². The van der Waals surface area contributed by atoms with Crippen LogP contribution in [0.3, 0.4) is 0 Å². The number of rotatable bonds is 7. The summed E-state index contributed by atoms with van der Waals surface area (Å²) in [5.41, 5.74) is 2.47. The van der Waals surface area contributed by atoms with Gasteiger partial charge in [0.2, 0.25) is 0 Å². The second-order valence-corrected chi connectivity index (χ2v) is 9.76. The van der Waals surface area contributed by atoms with Crippen LogP contribution in [0.4, 0.5) is 10.1 Å². The van der Waals surface area contributed by atoms with Gasteiger partial charge in [0.05, 0.1) is 11.3 Å². The van der Waals surface area contributed by atoms with Gasteiger partial charge in [-0.15, -0.1) is 0 Å². The van der Waals surface area contributed by atoms with E-state index in [-0.39, 0.29) is 5.91 Å².